The molecule has 0 unspecified atom stereocenters. The highest BCUT2D eigenvalue weighted by molar-refractivity contribution is 7.89. The molecule has 9 N–H and O–H groups in total. The Balaban J connectivity index is 0.00000322. The number of anilines is 2. The van der Waals surface area contributed by atoms with E-state index in [-0.39, 0.29) is 53.4 Å². The molecule has 0 radical (unpaired) electrons. The van der Waals surface area contributed by atoms with Crippen LogP contribution in [-0.2, 0) is 44.6 Å². The van der Waals surface area contributed by atoms with Gasteiger partial charge in [-0.05, 0) is 79.8 Å². The maximum absolute atomic E-state index is 13.8. The molecule has 6 rings (SSSR count). The number of halogens is 1. The highest BCUT2D eigenvalue weighted by atomic mass is 32.2. The number of hydrogen-bond acceptors (Lipinski definition) is 13. The Kier molecular flexibility index (Phi) is 16.8. The average molecular weight is 953 g/mol. The van der Waals surface area contributed by atoms with Crippen LogP contribution >= 0.6 is 0 Å². The van der Waals surface area contributed by atoms with Gasteiger partial charge in [-0.3, -0.25) is 28.4 Å². The molecule has 23 heteroatoms. The molecule has 3 aromatic carbocycles. The summed E-state index contributed by atoms with van der Waals surface area (Å²) < 4.78 is 76.4. The number of carboxylic acids is 1. The van der Waals surface area contributed by atoms with E-state index in [2.05, 4.69) is 47.9 Å². The molecular formula is C43H51FN10O10S2. The smallest absolute Gasteiger partial charge is 0.323 e. The lowest BCUT2D eigenvalue weighted by Gasteiger charge is -2.19. The summed E-state index contributed by atoms with van der Waals surface area (Å²) in [4.78, 5) is 63.7. The number of sulfonamides is 1. The summed E-state index contributed by atoms with van der Waals surface area (Å²) >= 11 is 0. The summed E-state index contributed by atoms with van der Waals surface area (Å²) in [7, 11) is -8.75. The third-order valence-corrected chi connectivity index (χ3v) is 12.6. The van der Waals surface area contributed by atoms with Gasteiger partial charge in [0.2, 0.25) is 15.5 Å². The zero-order chi connectivity index (χ0) is 48.2. The van der Waals surface area contributed by atoms with Gasteiger partial charge in [-0.2, -0.15) is 13.1 Å². The number of H-pyrrole nitrogens is 1. The van der Waals surface area contributed by atoms with E-state index in [0.717, 1.165) is 11.1 Å². The Morgan fingerprint density at radius 2 is 1.65 bits per heavy atom. The second-order valence-corrected chi connectivity index (χ2v) is 17.8. The van der Waals surface area contributed by atoms with Crippen molar-refractivity contribution in [2.45, 2.75) is 70.1 Å². The minimum atomic E-state index is -4.42. The molecular weight excluding hydrogens is 900 g/mol. The van der Waals surface area contributed by atoms with Crippen molar-refractivity contribution in [1.82, 2.24) is 40.3 Å². The number of hydrogen-bond donors (Lipinski definition) is 9. The molecule has 0 fully saturated rings. The van der Waals surface area contributed by atoms with E-state index in [1.54, 1.807) is 74.1 Å². The number of aryl methyl sites for hydroxylation is 4. The van der Waals surface area contributed by atoms with Crippen LogP contribution < -0.4 is 37.0 Å². The zero-order valence-electron chi connectivity index (χ0n) is 36.2. The van der Waals surface area contributed by atoms with Crippen molar-refractivity contribution < 1.29 is 45.6 Å². The first-order valence-electron chi connectivity index (χ1n) is 20.1. The number of nitrogens with zero attached hydrogens (tertiary/aromatic N) is 3. The van der Waals surface area contributed by atoms with Crippen LogP contribution in [0.25, 0.3) is 10.9 Å². The largest absolute Gasteiger partial charge is 0.480 e. The van der Waals surface area contributed by atoms with E-state index in [9.17, 15) is 45.7 Å². The molecule has 66 heavy (non-hydrogen) atoms. The summed E-state index contributed by atoms with van der Waals surface area (Å²) in [5.74, 6) is -2.03. The number of hydrazine groups is 1. The predicted molar refractivity (Wildman–Crippen MR) is 246 cm³/mol. The third kappa shape index (κ3) is 12.8. The molecule has 0 bridgehead atoms. The Hall–Kier alpha value is -7.05. The van der Waals surface area contributed by atoms with Gasteiger partial charge in [0.15, 0.2) is 5.95 Å². The molecule has 0 aliphatic heterocycles. The van der Waals surface area contributed by atoms with Gasteiger partial charge in [-0.15, -0.1) is 0 Å². The highest BCUT2D eigenvalue weighted by Crippen LogP contribution is 2.22. The van der Waals surface area contributed by atoms with Crippen LogP contribution in [0.4, 0.5) is 16.5 Å². The Morgan fingerprint density at radius 3 is 2.30 bits per heavy atom. The fraction of sp³-hybridized carbons (Fsp3) is 0.256. The quantitative estimate of drug-likeness (QED) is 0.0299. The van der Waals surface area contributed by atoms with Gasteiger partial charge in [0.1, 0.15) is 17.4 Å². The number of pyridine rings is 2. The third-order valence-electron chi connectivity index (χ3n) is 9.92. The summed E-state index contributed by atoms with van der Waals surface area (Å²) in [6.07, 6.45) is 6.27. The molecule has 0 saturated heterocycles. The van der Waals surface area contributed by atoms with Gasteiger partial charge in [0.05, 0.1) is 20.9 Å². The second kappa shape index (κ2) is 22.2. The molecule has 0 spiro atoms. The number of rotatable bonds is 20. The first kappa shape index (κ1) is 50.0. The lowest BCUT2D eigenvalue weighted by Crippen LogP contribution is -2.49. The highest BCUT2D eigenvalue weighted by Gasteiger charge is 2.29. The van der Waals surface area contributed by atoms with Crippen LogP contribution in [0.1, 0.15) is 62.4 Å². The molecule has 3 aromatic heterocycles. The lowest BCUT2D eigenvalue weighted by molar-refractivity contribution is -0.138. The van der Waals surface area contributed by atoms with Crippen LogP contribution in [0.5, 0.6) is 0 Å². The summed E-state index contributed by atoms with van der Waals surface area (Å²) in [5.41, 5.74) is 8.19. The zero-order valence-corrected chi connectivity index (χ0v) is 36.8. The predicted octanol–water partition coefficient (Wildman–Crippen LogP) is 3.79. The molecule has 6 aromatic rings. The van der Waals surface area contributed by atoms with Crippen LogP contribution in [0, 0.1) is 20.8 Å². The van der Waals surface area contributed by atoms with E-state index in [4.69, 9.17) is 4.72 Å². The normalized spacial score (nSPS) is 11.9. The minimum Gasteiger partial charge on any atom is -0.480 e. The molecule has 352 valence electrons. The molecule has 20 nitrogen and oxygen atoms in total. The van der Waals surface area contributed by atoms with E-state index in [0.29, 0.717) is 46.9 Å². The van der Waals surface area contributed by atoms with Gasteiger partial charge >= 0.3 is 5.97 Å². The molecule has 3 heterocycles. The van der Waals surface area contributed by atoms with Crippen molar-refractivity contribution in [1.29, 1.82) is 1.45 Å². The van der Waals surface area contributed by atoms with Gasteiger partial charge in [0, 0.05) is 62.9 Å². The average Bonchev–Trinajstić information content (AvgIpc) is 3.80. The summed E-state index contributed by atoms with van der Waals surface area (Å²) in [6, 6.07) is 15.6. The van der Waals surface area contributed by atoms with E-state index < -0.39 is 55.9 Å². The first-order chi connectivity index (χ1) is 31.4. The van der Waals surface area contributed by atoms with Gasteiger partial charge in [0.25, 0.3) is 23.4 Å². The maximum atomic E-state index is 13.8. The number of aromatic amines is 1. The first-order valence-corrected chi connectivity index (χ1v) is 22.6. The number of carboxylic acid groups (broad SMARTS) is 1. The molecule has 0 aliphatic carbocycles. The van der Waals surface area contributed by atoms with Crippen LogP contribution in [0.3, 0.4) is 0 Å². The molecule has 1 atom stereocenters. The topological polar surface area (TPSA) is 296 Å². The standard InChI is InChI=1S/C42H46N10O10S2.CH4.FH/c1-25-17-26(2)38(27(3)18-25)63(58,59)51-33(41(56)57)23-47-40(55)32-24-52(34-19-28(9-11-31(34)37(32)53)20-48-42-44-14-15-45-42)16-6-13-43-39(54)30-10-12-36(46-21-30)50-49-22-29-7-4-5-8-35(29)64(60,61)62;;/h4-5,7-12,14-15,17-19,21,24,33,49,51H,6,13,16,20,22-23H2,1-3H3,(H,43,54)(H,46,50)(H,47,55)(H,56,57)(H2,44,45,48)(H,60,61,62);1H4;1H/t33-;;/m0../s1/i/hT. The number of benzene rings is 3. The van der Waals surface area contributed by atoms with Crippen LogP contribution in [0.15, 0.2) is 106 Å². The number of aromatic nitrogens is 4. The summed E-state index contributed by atoms with van der Waals surface area (Å²) in [6.45, 7) is 5.08. The Labute approximate surface area is 381 Å². The molecule has 2 amide bonds. The number of amides is 2. The van der Waals surface area contributed by atoms with E-state index in [1.807, 2.05) is 0 Å². The summed E-state index contributed by atoms with van der Waals surface area (Å²) in [5, 5.41) is 18.5. The van der Waals surface area contributed by atoms with Crippen molar-refractivity contribution >= 4 is 60.6 Å². The monoisotopic (exact) mass is 952 g/mol. The molecule has 0 saturated carbocycles. The van der Waals surface area contributed by atoms with Gasteiger partial charge in [-0.1, -0.05) is 49.4 Å². The van der Waals surface area contributed by atoms with Crippen molar-refractivity contribution in [2.24, 2.45) is 0 Å². The number of fused-ring (bicyclic) bond motifs is 1. The van der Waals surface area contributed by atoms with Crippen LogP contribution in [-0.4, -0.2) is 84.4 Å². The van der Waals surface area contributed by atoms with Crippen molar-refractivity contribution in [3.63, 3.8) is 0 Å². The lowest BCUT2D eigenvalue weighted by atomic mass is 10.1. The Bertz CT molecular complexity index is 2970. The van der Waals surface area contributed by atoms with E-state index in [1.165, 1.54) is 42.7 Å². The van der Waals surface area contributed by atoms with E-state index >= 15 is 0 Å². The maximum Gasteiger partial charge on any atom is 0.323 e. The van der Waals surface area contributed by atoms with Crippen molar-refractivity contribution in [3.05, 3.63) is 141 Å². The molecule has 0 aliphatic rings. The van der Waals surface area contributed by atoms with Gasteiger partial charge in [-0.25, -0.2) is 23.8 Å². The fourth-order valence-electron chi connectivity index (χ4n) is 7.03. The number of aliphatic carboxylic acids is 1. The van der Waals surface area contributed by atoms with Crippen molar-refractivity contribution in [3.8, 4) is 0 Å². The number of carbonyl (C=O) groups is 3. The number of nitrogens with one attached hydrogen (secondary N) is 7. The Morgan fingerprint density at radius 1 is 0.924 bits per heavy atom. The van der Waals surface area contributed by atoms with Crippen LogP contribution in [0.2, 0.25) is 0 Å². The second-order valence-electron chi connectivity index (χ2n) is 14.8. The minimum absolute atomic E-state index is 0. The van der Waals surface area contributed by atoms with Crippen molar-refractivity contribution in [2.75, 3.05) is 23.8 Å². The SMILES string of the molecule is C.Cc1cc(C)c(S(=O)(=O)N[C@@H](CNC(=O)c2cn(CCCNC(=O)c3ccc(NNCc4ccccc4S(=O)(=O)O)nc3)c3cc(CNc4ncc[nH]4)ccc3c2=O)C(=O)O)c(C)c1.[3H]F. The van der Waals surface area contributed by atoms with Gasteiger partial charge < -0.3 is 36.0 Å². The number of carbonyl (C=O) groups excluding carboxylic acids is 2. The number of imidazole rings is 1. The fourth-order valence-corrected chi connectivity index (χ4v) is 9.40.